The number of benzene rings is 1. The average molecular weight is 349 g/mol. The van der Waals surface area contributed by atoms with Gasteiger partial charge in [-0.15, -0.1) is 0 Å². The molecule has 1 amide bonds. The number of oxazole rings is 1. The normalized spacial score (nSPS) is 17.0. The third kappa shape index (κ3) is 3.06. The number of carbonyl (C=O) groups is 1. The van der Waals surface area contributed by atoms with Crippen molar-refractivity contribution in [3.8, 4) is 11.3 Å². The van der Waals surface area contributed by atoms with Crippen molar-refractivity contribution < 1.29 is 14.3 Å². The fourth-order valence-corrected chi connectivity index (χ4v) is 3.41. The van der Waals surface area contributed by atoms with Gasteiger partial charge in [-0.25, -0.2) is 4.98 Å². The van der Waals surface area contributed by atoms with Crippen LogP contribution >= 0.6 is 11.6 Å². The Balaban J connectivity index is 1.81. The summed E-state index contributed by atoms with van der Waals surface area (Å²) in [5.74, 6) is 0.251. The third-order valence-corrected chi connectivity index (χ3v) is 5.41. The zero-order chi connectivity index (χ0) is 17.2. The molecule has 128 valence electrons. The molecule has 0 radical (unpaired) electrons. The molecule has 1 saturated heterocycles. The standard InChI is InChI=1S/C18H21ClN2O3/c1-2-18(11-22)7-9-21(10-8-18)17(23)15-16(24-12-20-15)13-5-3-4-6-14(13)19/h3-6,12,22H,2,7-11H2,1H3. The molecular weight excluding hydrogens is 328 g/mol. The largest absolute Gasteiger partial charge is 0.443 e. The molecule has 6 heteroatoms. The van der Waals surface area contributed by atoms with Gasteiger partial charge in [0.25, 0.3) is 5.91 Å². The Morgan fingerprint density at radius 1 is 1.38 bits per heavy atom. The van der Waals surface area contributed by atoms with E-state index in [0.717, 1.165) is 19.3 Å². The molecule has 2 aromatic rings. The quantitative estimate of drug-likeness (QED) is 0.916. The molecule has 1 aliphatic rings. The number of likely N-dealkylation sites (tertiary alicyclic amines) is 1. The van der Waals surface area contributed by atoms with Crippen LogP contribution in [-0.4, -0.2) is 40.6 Å². The van der Waals surface area contributed by atoms with Gasteiger partial charge in [0.05, 0.1) is 5.02 Å². The summed E-state index contributed by atoms with van der Waals surface area (Å²) < 4.78 is 5.44. The summed E-state index contributed by atoms with van der Waals surface area (Å²) in [5.41, 5.74) is 0.887. The average Bonchev–Trinajstić information content (AvgIpc) is 3.11. The highest BCUT2D eigenvalue weighted by Gasteiger charge is 2.35. The number of carbonyl (C=O) groups excluding carboxylic acids is 1. The first-order valence-electron chi connectivity index (χ1n) is 8.19. The maximum atomic E-state index is 12.9. The lowest BCUT2D eigenvalue weighted by Gasteiger charge is -2.40. The highest BCUT2D eigenvalue weighted by atomic mass is 35.5. The molecule has 1 aromatic carbocycles. The van der Waals surface area contributed by atoms with Gasteiger partial charge in [0, 0.05) is 25.3 Å². The van der Waals surface area contributed by atoms with Crippen molar-refractivity contribution >= 4 is 17.5 Å². The summed E-state index contributed by atoms with van der Waals surface area (Å²) in [6, 6.07) is 7.23. The predicted molar refractivity (Wildman–Crippen MR) is 91.9 cm³/mol. The molecule has 24 heavy (non-hydrogen) atoms. The first-order chi connectivity index (χ1) is 11.6. The van der Waals surface area contributed by atoms with Gasteiger partial charge in [0.2, 0.25) is 0 Å². The van der Waals surface area contributed by atoms with E-state index >= 15 is 0 Å². The maximum absolute atomic E-state index is 12.9. The number of aliphatic hydroxyl groups is 1. The predicted octanol–water partition coefficient (Wildman–Crippen LogP) is 3.62. The van der Waals surface area contributed by atoms with Crippen molar-refractivity contribution in [2.24, 2.45) is 5.41 Å². The van der Waals surface area contributed by atoms with Crippen molar-refractivity contribution in [2.45, 2.75) is 26.2 Å². The van der Waals surface area contributed by atoms with E-state index < -0.39 is 0 Å². The third-order valence-electron chi connectivity index (χ3n) is 5.09. The van der Waals surface area contributed by atoms with Gasteiger partial charge < -0.3 is 14.4 Å². The number of amides is 1. The lowest BCUT2D eigenvalue weighted by molar-refractivity contribution is 0.0335. The van der Waals surface area contributed by atoms with E-state index in [0.29, 0.717) is 29.4 Å². The minimum absolute atomic E-state index is 0.0633. The van der Waals surface area contributed by atoms with Crippen LogP contribution in [0.25, 0.3) is 11.3 Å². The minimum Gasteiger partial charge on any atom is -0.443 e. The van der Waals surface area contributed by atoms with Crippen LogP contribution in [0.4, 0.5) is 0 Å². The molecule has 5 nitrogen and oxygen atoms in total. The number of hydrogen-bond acceptors (Lipinski definition) is 4. The van der Waals surface area contributed by atoms with Crippen LogP contribution in [0.3, 0.4) is 0 Å². The van der Waals surface area contributed by atoms with Gasteiger partial charge in [-0.1, -0.05) is 30.7 Å². The topological polar surface area (TPSA) is 66.6 Å². The summed E-state index contributed by atoms with van der Waals surface area (Å²) in [4.78, 5) is 18.8. The second kappa shape index (κ2) is 6.95. The van der Waals surface area contributed by atoms with E-state index in [4.69, 9.17) is 16.0 Å². The summed E-state index contributed by atoms with van der Waals surface area (Å²) in [6.45, 7) is 3.48. The van der Waals surface area contributed by atoms with Crippen molar-refractivity contribution in [1.82, 2.24) is 9.88 Å². The zero-order valence-corrected chi connectivity index (χ0v) is 14.4. The Labute approximate surface area is 146 Å². The Morgan fingerprint density at radius 2 is 2.08 bits per heavy atom. The Bertz CT molecular complexity index is 715. The van der Waals surface area contributed by atoms with Crippen molar-refractivity contribution in [3.05, 3.63) is 41.4 Å². The van der Waals surface area contributed by atoms with Crippen LogP contribution in [0.2, 0.25) is 5.02 Å². The van der Waals surface area contributed by atoms with Gasteiger partial charge in [-0.2, -0.15) is 0 Å². The van der Waals surface area contributed by atoms with E-state index in [9.17, 15) is 9.90 Å². The van der Waals surface area contributed by atoms with Gasteiger partial charge in [0.1, 0.15) is 0 Å². The number of aromatic nitrogens is 1. The molecule has 0 aliphatic carbocycles. The van der Waals surface area contributed by atoms with Gasteiger partial charge >= 0.3 is 0 Å². The molecule has 1 N–H and O–H groups in total. The van der Waals surface area contributed by atoms with E-state index in [1.54, 1.807) is 11.0 Å². The summed E-state index contributed by atoms with van der Waals surface area (Å²) in [6.07, 6.45) is 3.79. The van der Waals surface area contributed by atoms with Crippen LogP contribution in [0.5, 0.6) is 0 Å². The van der Waals surface area contributed by atoms with Gasteiger partial charge in [-0.3, -0.25) is 4.79 Å². The van der Waals surface area contributed by atoms with E-state index in [1.165, 1.54) is 6.39 Å². The fourth-order valence-electron chi connectivity index (χ4n) is 3.19. The molecule has 0 bridgehead atoms. The molecule has 0 unspecified atom stereocenters. The molecule has 0 saturated carbocycles. The molecule has 1 aromatic heterocycles. The highest BCUT2D eigenvalue weighted by molar-refractivity contribution is 6.33. The molecule has 0 atom stereocenters. The van der Waals surface area contributed by atoms with Crippen LogP contribution in [-0.2, 0) is 0 Å². The second-order valence-corrected chi connectivity index (χ2v) is 6.72. The van der Waals surface area contributed by atoms with E-state index in [1.807, 2.05) is 18.2 Å². The van der Waals surface area contributed by atoms with Crippen LogP contribution in [0, 0.1) is 5.41 Å². The smallest absolute Gasteiger partial charge is 0.276 e. The molecular formula is C18H21ClN2O3. The molecule has 1 fully saturated rings. The molecule has 3 rings (SSSR count). The number of aliphatic hydroxyl groups excluding tert-OH is 1. The van der Waals surface area contributed by atoms with Gasteiger partial charge in [-0.05, 0) is 36.8 Å². The number of hydrogen-bond donors (Lipinski definition) is 1. The van der Waals surface area contributed by atoms with Crippen LogP contribution in [0.15, 0.2) is 35.1 Å². The zero-order valence-electron chi connectivity index (χ0n) is 13.7. The van der Waals surface area contributed by atoms with Crippen LogP contribution < -0.4 is 0 Å². The van der Waals surface area contributed by atoms with Crippen molar-refractivity contribution in [1.29, 1.82) is 0 Å². The summed E-state index contributed by atoms with van der Waals surface area (Å²) in [5, 5.41) is 10.1. The first kappa shape index (κ1) is 17.0. The second-order valence-electron chi connectivity index (χ2n) is 6.31. The Morgan fingerprint density at radius 3 is 2.71 bits per heavy atom. The number of halogens is 1. The lowest BCUT2D eigenvalue weighted by Crippen LogP contribution is -2.44. The van der Waals surface area contributed by atoms with Crippen molar-refractivity contribution in [3.63, 3.8) is 0 Å². The molecule has 0 spiro atoms. The van der Waals surface area contributed by atoms with Gasteiger partial charge in [0.15, 0.2) is 17.8 Å². The van der Waals surface area contributed by atoms with E-state index in [-0.39, 0.29) is 23.6 Å². The summed E-state index contributed by atoms with van der Waals surface area (Å²) in [7, 11) is 0. The summed E-state index contributed by atoms with van der Waals surface area (Å²) >= 11 is 6.21. The SMILES string of the molecule is CCC1(CO)CCN(C(=O)c2ncoc2-c2ccccc2Cl)CC1. The maximum Gasteiger partial charge on any atom is 0.276 e. The number of nitrogens with zero attached hydrogens (tertiary/aromatic N) is 2. The lowest BCUT2D eigenvalue weighted by atomic mass is 9.77. The minimum atomic E-state index is -0.152. The molecule has 1 aliphatic heterocycles. The fraction of sp³-hybridized carbons (Fsp3) is 0.444. The highest BCUT2D eigenvalue weighted by Crippen LogP contribution is 2.36. The molecule has 2 heterocycles. The Kier molecular flexibility index (Phi) is 4.92. The first-order valence-corrected chi connectivity index (χ1v) is 8.56. The monoisotopic (exact) mass is 348 g/mol. The van der Waals surface area contributed by atoms with Crippen LogP contribution in [0.1, 0.15) is 36.7 Å². The van der Waals surface area contributed by atoms with E-state index in [2.05, 4.69) is 11.9 Å². The number of piperidine rings is 1. The number of rotatable bonds is 4. The van der Waals surface area contributed by atoms with Crippen molar-refractivity contribution in [2.75, 3.05) is 19.7 Å². The Hall–Kier alpha value is -1.85.